The third-order valence-corrected chi connectivity index (χ3v) is 13.1. The van der Waals surface area contributed by atoms with Gasteiger partial charge < -0.3 is 16.0 Å². The normalized spacial score (nSPS) is 29.7. The predicted octanol–water partition coefficient (Wildman–Crippen LogP) is 3.48. The maximum absolute atomic E-state index is 14.6. The Bertz CT molecular complexity index is 2070. The number of rotatable bonds is 12. The first-order valence-corrected chi connectivity index (χ1v) is 20.3. The Labute approximate surface area is 326 Å². The van der Waals surface area contributed by atoms with Crippen LogP contribution in [0.15, 0.2) is 79.1 Å². The molecule has 3 aliphatic heterocycles. The average Bonchev–Trinajstić information content (AvgIpc) is 3.66. The Morgan fingerprint density at radius 2 is 1.38 bits per heavy atom. The van der Waals surface area contributed by atoms with Crippen LogP contribution in [0.2, 0.25) is 0 Å². The summed E-state index contributed by atoms with van der Waals surface area (Å²) in [7, 11) is 0. The van der Waals surface area contributed by atoms with E-state index in [1.807, 2.05) is 23.7 Å². The van der Waals surface area contributed by atoms with Gasteiger partial charge in [0.1, 0.15) is 5.78 Å². The first-order chi connectivity index (χ1) is 27.4. The van der Waals surface area contributed by atoms with Crippen molar-refractivity contribution in [2.24, 2.45) is 23.7 Å². The summed E-state index contributed by atoms with van der Waals surface area (Å²) in [6, 6.07) is 21.0. The summed E-state index contributed by atoms with van der Waals surface area (Å²) in [4.78, 5) is 57.1. The summed E-state index contributed by atoms with van der Waals surface area (Å²) in [5.74, 6) is 0.688. The molecule has 0 spiro atoms. The molecule has 0 radical (unpaired) electrons. The van der Waals surface area contributed by atoms with Gasteiger partial charge in [-0.3, -0.25) is 29.7 Å². The first kappa shape index (κ1) is 35.3. The van der Waals surface area contributed by atoms with Gasteiger partial charge in [-0.1, -0.05) is 60.7 Å². The lowest BCUT2D eigenvalue weighted by atomic mass is 9.93. The molecule has 4 unspecified atom stereocenters. The van der Waals surface area contributed by atoms with Gasteiger partial charge in [-0.15, -0.1) is 0 Å². The van der Waals surface area contributed by atoms with Gasteiger partial charge in [0.15, 0.2) is 5.65 Å². The Kier molecular flexibility index (Phi) is 8.91. The minimum absolute atomic E-state index is 0.0174. The van der Waals surface area contributed by atoms with Crippen LogP contribution in [-0.4, -0.2) is 92.1 Å². The number of amides is 2. The molecule has 4 aromatic rings. The highest BCUT2D eigenvalue weighted by molar-refractivity contribution is 6.13. The lowest BCUT2D eigenvalue weighted by Gasteiger charge is -2.26. The number of nitrogens with one attached hydrogen (secondary N) is 4. The van der Waals surface area contributed by atoms with E-state index in [9.17, 15) is 14.4 Å². The monoisotopic (exact) mass is 755 g/mol. The van der Waals surface area contributed by atoms with Gasteiger partial charge in [-0.2, -0.15) is 5.10 Å². The molecule has 10 rings (SSSR count). The van der Waals surface area contributed by atoms with Crippen LogP contribution in [0.25, 0.3) is 16.7 Å². The van der Waals surface area contributed by atoms with Crippen LogP contribution in [0, 0.1) is 23.7 Å². The third kappa shape index (κ3) is 6.45. The average molecular weight is 756 g/mol. The van der Waals surface area contributed by atoms with E-state index < -0.39 is 17.4 Å². The minimum atomic E-state index is -1.92. The highest BCUT2D eigenvalue weighted by Crippen LogP contribution is 2.48. The van der Waals surface area contributed by atoms with E-state index in [4.69, 9.17) is 9.82 Å². The number of benzene rings is 2. The summed E-state index contributed by atoms with van der Waals surface area (Å²) < 4.78 is 1.84. The van der Waals surface area contributed by atoms with E-state index >= 15 is 0 Å². The standard InChI is InChI=1S/C43H49N9O4/c1-2-52-40-31(19-45-52)37(46-28-13-15-29(53)16-14-28)30(18-44-40)36-17-43(56-49-36,41(54)47-38-32-22-50(23-33(32)38)20-26-9-5-3-6-10-26)42(55)48-39-34-24-51(25-35(34)39)21-27-11-7-4-8-12-27/h3-12,17-19,28,32-35,38-39,49H,2,13-16,20-25H2,1H3,(H,44,46)(H,47,54)(H,48,55). The number of likely N-dealkylation sites (tertiary alicyclic amines) is 2. The number of fused-ring (bicyclic) bond motifs is 3. The molecule has 2 aromatic heterocycles. The molecule has 0 bridgehead atoms. The van der Waals surface area contributed by atoms with Gasteiger partial charge in [0.25, 0.3) is 17.4 Å². The van der Waals surface area contributed by atoms with E-state index in [0.29, 0.717) is 54.3 Å². The molecule has 2 aromatic carbocycles. The van der Waals surface area contributed by atoms with Crippen molar-refractivity contribution in [3.63, 3.8) is 0 Å². The number of aryl methyl sites for hydroxylation is 1. The van der Waals surface area contributed by atoms with Crippen molar-refractivity contribution in [3.05, 3.63) is 95.8 Å². The molecule has 5 fully saturated rings. The van der Waals surface area contributed by atoms with E-state index in [1.165, 1.54) is 11.1 Å². The fourth-order valence-corrected chi connectivity index (χ4v) is 9.88. The molecule has 4 atom stereocenters. The fraction of sp³-hybridized carbons (Fsp3) is 0.465. The van der Waals surface area contributed by atoms with Crippen molar-refractivity contribution in [2.45, 2.75) is 76.0 Å². The second-order valence-corrected chi connectivity index (χ2v) is 16.7. The Balaban J connectivity index is 0.902. The first-order valence-electron chi connectivity index (χ1n) is 20.3. The highest BCUT2D eigenvalue weighted by atomic mass is 16.7. The second-order valence-electron chi connectivity index (χ2n) is 16.7. The largest absolute Gasteiger partial charge is 0.381 e. The number of anilines is 1. The zero-order valence-electron chi connectivity index (χ0n) is 31.7. The lowest BCUT2D eigenvalue weighted by molar-refractivity contribution is -0.157. The molecule has 2 amide bonds. The molecule has 13 heteroatoms. The molecule has 6 aliphatic rings. The molecular weight excluding hydrogens is 707 g/mol. The van der Waals surface area contributed by atoms with E-state index in [0.717, 1.165) is 68.8 Å². The number of pyridine rings is 1. The van der Waals surface area contributed by atoms with Crippen molar-refractivity contribution in [1.82, 2.24) is 40.7 Å². The van der Waals surface area contributed by atoms with Crippen LogP contribution < -0.4 is 21.4 Å². The van der Waals surface area contributed by atoms with Gasteiger partial charge in [0.05, 0.1) is 23.0 Å². The fourth-order valence-electron chi connectivity index (χ4n) is 9.88. The maximum atomic E-state index is 14.6. The van der Waals surface area contributed by atoms with Gasteiger partial charge in [0.2, 0.25) is 0 Å². The van der Waals surface area contributed by atoms with Crippen LogP contribution in [0.5, 0.6) is 0 Å². The number of hydrogen-bond donors (Lipinski definition) is 4. The molecule has 3 saturated carbocycles. The Morgan fingerprint density at radius 3 is 1.91 bits per heavy atom. The Morgan fingerprint density at radius 1 is 0.821 bits per heavy atom. The minimum Gasteiger partial charge on any atom is -0.381 e. The number of hydrogen-bond acceptors (Lipinski definition) is 10. The van der Waals surface area contributed by atoms with Crippen molar-refractivity contribution in [1.29, 1.82) is 0 Å². The zero-order valence-corrected chi connectivity index (χ0v) is 31.7. The smallest absolute Gasteiger partial charge is 0.271 e. The summed E-state index contributed by atoms with van der Waals surface area (Å²) >= 11 is 0. The predicted molar refractivity (Wildman–Crippen MR) is 210 cm³/mol. The number of piperidine rings is 2. The molecule has 5 heterocycles. The van der Waals surface area contributed by atoms with E-state index in [-0.39, 0.29) is 23.9 Å². The summed E-state index contributed by atoms with van der Waals surface area (Å²) in [6.07, 6.45) is 7.70. The number of carbonyl (C=O) groups excluding carboxylic acids is 3. The third-order valence-electron chi connectivity index (χ3n) is 13.1. The number of aromatic nitrogens is 3. The van der Waals surface area contributed by atoms with Crippen molar-refractivity contribution < 1.29 is 19.2 Å². The van der Waals surface area contributed by atoms with Gasteiger partial charge in [-0.05, 0) is 60.6 Å². The molecule has 2 saturated heterocycles. The van der Waals surface area contributed by atoms with Gasteiger partial charge in [-0.25, -0.2) is 14.5 Å². The topological polar surface area (TPSA) is 146 Å². The maximum Gasteiger partial charge on any atom is 0.271 e. The molecule has 290 valence electrons. The van der Waals surface area contributed by atoms with Gasteiger partial charge in [0, 0.05) is 88.5 Å². The number of nitrogens with zero attached hydrogens (tertiary/aromatic N) is 5. The number of carbonyl (C=O) groups is 3. The SMILES string of the molecule is CCn1ncc2c(NC3CCC(=O)CC3)c(C3=CC(C(=O)NC4C5CN(Cc6ccccc6)CC54)(C(=O)NC4C5CN(Cc6ccccc6)CC54)ON3)cnc21. The molecular formula is C43H49N9O4. The molecule has 4 N–H and O–H groups in total. The van der Waals surface area contributed by atoms with E-state index in [1.54, 1.807) is 18.5 Å². The van der Waals surface area contributed by atoms with Crippen LogP contribution in [0.3, 0.4) is 0 Å². The zero-order chi connectivity index (χ0) is 38.0. The van der Waals surface area contributed by atoms with Crippen LogP contribution in [0.1, 0.15) is 49.3 Å². The molecule has 13 nitrogen and oxygen atoms in total. The van der Waals surface area contributed by atoms with Crippen molar-refractivity contribution >= 4 is 40.0 Å². The molecule has 3 aliphatic carbocycles. The van der Waals surface area contributed by atoms with Gasteiger partial charge >= 0.3 is 0 Å². The lowest BCUT2D eigenvalue weighted by Crippen LogP contribution is -2.59. The van der Waals surface area contributed by atoms with Crippen LogP contribution in [0.4, 0.5) is 5.69 Å². The van der Waals surface area contributed by atoms with Crippen molar-refractivity contribution in [3.8, 4) is 0 Å². The van der Waals surface area contributed by atoms with Crippen molar-refractivity contribution in [2.75, 3.05) is 31.5 Å². The highest BCUT2D eigenvalue weighted by Gasteiger charge is 2.62. The quantitative estimate of drug-likeness (QED) is 0.159. The van der Waals surface area contributed by atoms with Crippen LogP contribution >= 0.6 is 0 Å². The summed E-state index contributed by atoms with van der Waals surface area (Å²) in [6.45, 7) is 8.03. The Hall–Kier alpha value is -5.11. The molecule has 56 heavy (non-hydrogen) atoms. The van der Waals surface area contributed by atoms with E-state index in [2.05, 4.69) is 84.9 Å². The van der Waals surface area contributed by atoms with Crippen LogP contribution in [-0.2, 0) is 38.9 Å². The number of hydroxylamine groups is 1. The number of Topliss-reactive ketones (excluding diaryl/α,β-unsaturated/α-hetero) is 1. The summed E-state index contributed by atoms with van der Waals surface area (Å²) in [5, 5.41) is 15.6. The second kappa shape index (κ2) is 14.1. The number of ketones is 1. The summed E-state index contributed by atoms with van der Waals surface area (Å²) in [5.41, 5.74) is 6.33.